The van der Waals surface area contributed by atoms with Gasteiger partial charge in [0.05, 0.1) is 17.6 Å². The maximum atomic E-state index is 12.7. The minimum atomic E-state index is 0.00440. The Kier molecular flexibility index (Phi) is 2.67. The van der Waals surface area contributed by atoms with Crippen molar-refractivity contribution in [2.24, 2.45) is 0 Å². The summed E-state index contributed by atoms with van der Waals surface area (Å²) in [7, 11) is 0. The van der Waals surface area contributed by atoms with Gasteiger partial charge in [-0.3, -0.25) is 14.6 Å². The number of nitrogens with zero attached hydrogens (tertiary/aromatic N) is 2. The molecule has 2 saturated heterocycles. The zero-order valence-corrected chi connectivity index (χ0v) is 11.5. The van der Waals surface area contributed by atoms with Crippen LogP contribution in [0.15, 0.2) is 36.5 Å². The van der Waals surface area contributed by atoms with Crippen LogP contribution in [0.4, 0.5) is 0 Å². The first-order valence-corrected chi connectivity index (χ1v) is 7.17. The van der Waals surface area contributed by atoms with Gasteiger partial charge >= 0.3 is 0 Å². The molecule has 1 aromatic carbocycles. The number of aromatic nitrogens is 1. The third-order valence-corrected chi connectivity index (χ3v) is 4.40. The van der Waals surface area contributed by atoms with E-state index < -0.39 is 0 Å². The fourth-order valence-corrected chi connectivity index (χ4v) is 3.36. The van der Waals surface area contributed by atoms with Gasteiger partial charge in [-0.2, -0.15) is 0 Å². The summed E-state index contributed by atoms with van der Waals surface area (Å²) in [6.07, 6.45) is 3.01. The Morgan fingerprint density at radius 1 is 1.33 bits per heavy atom. The van der Waals surface area contributed by atoms with Gasteiger partial charge in [0.15, 0.2) is 0 Å². The Hall–Kier alpha value is -2.43. The average molecular weight is 281 g/mol. The number of carbonyl (C=O) groups excluding carboxylic acids is 2. The Bertz CT molecular complexity index is 743. The van der Waals surface area contributed by atoms with Crippen LogP contribution in [0.3, 0.4) is 0 Å². The van der Waals surface area contributed by atoms with Crippen LogP contribution in [-0.2, 0) is 4.79 Å². The summed E-state index contributed by atoms with van der Waals surface area (Å²) in [6, 6.07) is 9.51. The van der Waals surface area contributed by atoms with Gasteiger partial charge in [-0.05, 0) is 30.7 Å². The van der Waals surface area contributed by atoms with E-state index in [0.717, 1.165) is 17.3 Å². The molecule has 5 heteroatoms. The predicted octanol–water partition coefficient (Wildman–Crippen LogP) is 1.34. The van der Waals surface area contributed by atoms with E-state index in [0.29, 0.717) is 18.5 Å². The molecule has 1 aromatic heterocycles. The number of hydrogen-bond donors (Lipinski definition) is 1. The Morgan fingerprint density at radius 3 is 3.14 bits per heavy atom. The lowest BCUT2D eigenvalue weighted by Crippen LogP contribution is -2.38. The number of pyridine rings is 1. The number of fused-ring (bicyclic) bond motifs is 2. The highest BCUT2D eigenvalue weighted by Gasteiger charge is 2.43. The topological polar surface area (TPSA) is 62.3 Å². The number of benzene rings is 1. The molecule has 3 heterocycles. The van der Waals surface area contributed by atoms with Crippen LogP contribution < -0.4 is 5.32 Å². The quantitative estimate of drug-likeness (QED) is 0.858. The zero-order chi connectivity index (χ0) is 14.4. The Balaban J connectivity index is 1.65. The number of amides is 2. The molecule has 0 radical (unpaired) electrons. The average Bonchev–Trinajstić information content (AvgIpc) is 3.05. The fraction of sp³-hybridized carbons (Fsp3) is 0.312. The number of likely N-dealkylation sites (tertiary alicyclic amines) is 1. The van der Waals surface area contributed by atoms with E-state index in [1.165, 1.54) is 0 Å². The van der Waals surface area contributed by atoms with Crippen molar-refractivity contribution in [2.75, 3.05) is 6.54 Å². The van der Waals surface area contributed by atoms with E-state index >= 15 is 0 Å². The number of rotatable bonds is 1. The van der Waals surface area contributed by atoms with Gasteiger partial charge in [-0.1, -0.05) is 6.07 Å². The zero-order valence-electron chi connectivity index (χ0n) is 11.5. The molecule has 4 rings (SSSR count). The second-order valence-corrected chi connectivity index (χ2v) is 5.64. The van der Waals surface area contributed by atoms with Crippen LogP contribution in [0.1, 0.15) is 23.2 Å². The molecule has 2 atom stereocenters. The summed E-state index contributed by atoms with van der Waals surface area (Å²) in [5.74, 6) is 0.0509. The lowest BCUT2D eigenvalue weighted by molar-refractivity contribution is -0.119. The highest BCUT2D eigenvalue weighted by molar-refractivity contribution is 5.98. The maximum absolute atomic E-state index is 12.7. The molecular formula is C16H15N3O2. The van der Waals surface area contributed by atoms with E-state index in [-0.39, 0.29) is 23.9 Å². The van der Waals surface area contributed by atoms with Crippen molar-refractivity contribution in [1.82, 2.24) is 15.2 Å². The summed E-state index contributed by atoms with van der Waals surface area (Å²) in [6.45, 7) is 0.708. The normalized spacial score (nSPS) is 24.2. The largest absolute Gasteiger partial charge is 0.351 e. The van der Waals surface area contributed by atoms with Gasteiger partial charge in [0, 0.05) is 30.1 Å². The third kappa shape index (κ3) is 1.96. The van der Waals surface area contributed by atoms with Crippen LogP contribution in [-0.4, -0.2) is 40.3 Å². The number of hydrogen-bond acceptors (Lipinski definition) is 3. The highest BCUT2D eigenvalue weighted by Crippen LogP contribution is 2.27. The summed E-state index contributed by atoms with van der Waals surface area (Å²) >= 11 is 0. The van der Waals surface area contributed by atoms with Gasteiger partial charge in [0.25, 0.3) is 5.91 Å². The summed E-state index contributed by atoms with van der Waals surface area (Å²) in [4.78, 5) is 30.3. The molecule has 0 saturated carbocycles. The molecule has 0 aliphatic carbocycles. The maximum Gasteiger partial charge on any atom is 0.254 e. The van der Waals surface area contributed by atoms with Crippen molar-refractivity contribution in [3.63, 3.8) is 0 Å². The van der Waals surface area contributed by atoms with Crippen LogP contribution in [0.5, 0.6) is 0 Å². The molecule has 5 nitrogen and oxygen atoms in total. The van der Waals surface area contributed by atoms with Crippen molar-refractivity contribution in [3.8, 4) is 0 Å². The van der Waals surface area contributed by atoms with Crippen LogP contribution >= 0.6 is 0 Å². The van der Waals surface area contributed by atoms with Crippen LogP contribution in [0.25, 0.3) is 10.9 Å². The van der Waals surface area contributed by atoms with Gasteiger partial charge in [-0.25, -0.2) is 0 Å². The van der Waals surface area contributed by atoms with E-state index in [2.05, 4.69) is 10.3 Å². The second-order valence-electron chi connectivity index (χ2n) is 5.64. The Morgan fingerprint density at radius 2 is 2.24 bits per heavy atom. The van der Waals surface area contributed by atoms with E-state index in [9.17, 15) is 9.59 Å². The molecule has 0 bridgehead atoms. The fourth-order valence-electron chi connectivity index (χ4n) is 3.36. The standard InChI is InChI=1S/C16H15N3O2/c20-15-9-14-13(18-15)5-7-19(14)16(21)11-3-4-12-10(8-11)2-1-6-17-12/h1-4,6,8,13-14H,5,7,9H2,(H,18,20)/t13-,14-/m0/s1. The Labute approximate surface area is 122 Å². The molecule has 2 aromatic rings. The summed E-state index contributed by atoms with van der Waals surface area (Å²) in [5, 5.41) is 3.90. The van der Waals surface area contributed by atoms with Gasteiger partial charge in [-0.15, -0.1) is 0 Å². The van der Waals surface area contributed by atoms with Gasteiger partial charge in [0.1, 0.15) is 0 Å². The first-order chi connectivity index (χ1) is 10.2. The summed E-state index contributed by atoms with van der Waals surface area (Å²) < 4.78 is 0. The first-order valence-electron chi connectivity index (χ1n) is 7.17. The molecule has 1 N–H and O–H groups in total. The monoisotopic (exact) mass is 281 g/mol. The lowest BCUT2D eigenvalue weighted by atomic mass is 10.1. The van der Waals surface area contributed by atoms with Crippen molar-refractivity contribution < 1.29 is 9.59 Å². The molecular weight excluding hydrogens is 266 g/mol. The molecule has 2 aliphatic heterocycles. The second kappa shape index (κ2) is 4.55. The minimum Gasteiger partial charge on any atom is -0.351 e. The number of carbonyl (C=O) groups is 2. The highest BCUT2D eigenvalue weighted by atomic mass is 16.2. The third-order valence-electron chi connectivity index (χ3n) is 4.40. The van der Waals surface area contributed by atoms with Crippen LogP contribution in [0.2, 0.25) is 0 Å². The van der Waals surface area contributed by atoms with Gasteiger partial charge in [0.2, 0.25) is 5.91 Å². The molecule has 2 aliphatic rings. The van der Waals surface area contributed by atoms with Crippen molar-refractivity contribution >= 4 is 22.7 Å². The van der Waals surface area contributed by atoms with E-state index in [1.807, 2.05) is 35.2 Å². The summed E-state index contributed by atoms with van der Waals surface area (Å²) in [5.41, 5.74) is 1.54. The minimum absolute atomic E-state index is 0.00440. The molecule has 106 valence electrons. The smallest absolute Gasteiger partial charge is 0.254 e. The van der Waals surface area contributed by atoms with Gasteiger partial charge < -0.3 is 10.2 Å². The molecule has 0 unspecified atom stereocenters. The van der Waals surface area contributed by atoms with Crippen molar-refractivity contribution in [2.45, 2.75) is 24.9 Å². The molecule has 2 fully saturated rings. The molecule has 2 amide bonds. The van der Waals surface area contributed by atoms with Crippen LogP contribution in [0, 0.1) is 0 Å². The van der Waals surface area contributed by atoms with E-state index in [1.54, 1.807) is 6.20 Å². The molecule has 0 spiro atoms. The lowest BCUT2D eigenvalue weighted by Gasteiger charge is -2.22. The van der Waals surface area contributed by atoms with Crippen molar-refractivity contribution in [3.05, 3.63) is 42.1 Å². The SMILES string of the molecule is O=C1C[C@H]2[C@H](CCN2C(=O)c2ccc3ncccc3c2)N1. The number of nitrogens with one attached hydrogen (secondary N) is 1. The molecule has 21 heavy (non-hydrogen) atoms. The first kappa shape index (κ1) is 12.3. The predicted molar refractivity (Wildman–Crippen MR) is 77.7 cm³/mol. The van der Waals surface area contributed by atoms with E-state index in [4.69, 9.17) is 0 Å². The van der Waals surface area contributed by atoms with Crippen molar-refractivity contribution in [1.29, 1.82) is 0 Å².